The first kappa shape index (κ1) is 15.6. The van der Waals surface area contributed by atoms with Crippen molar-refractivity contribution in [2.24, 2.45) is 0 Å². The van der Waals surface area contributed by atoms with Gasteiger partial charge in [-0.25, -0.2) is 0 Å². The number of carbonyl (C=O) groups is 2. The van der Waals surface area contributed by atoms with Crippen molar-refractivity contribution < 1.29 is 19.1 Å². The molecule has 0 aromatic carbocycles. The van der Waals surface area contributed by atoms with E-state index in [1.165, 1.54) is 12.3 Å². The number of rotatable bonds is 9. The van der Waals surface area contributed by atoms with Crippen LogP contribution in [0, 0.1) is 0 Å². The van der Waals surface area contributed by atoms with E-state index in [1.54, 1.807) is 17.8 Å². The Kier molecular flexibility index (Phi) is 7.76. The Bertz CT molecular complexity index is 381. The summed E-state index contributed by atoms with van der Waals surface area (Å²) in [6.07, 6.45) is 2.16. The second-order valence-electron chi connectivity index (χ2n) is 3.70. The molecule has 0 radical (unpaired) electrons. The minimum absolute atomic E-state index is 0.0686. The highest BCUT2D eigenvalue weighted by atomic mass is 32.2. The van der Waals surface area contributed by atoms with Gasteiger partial charge < -0.3 is 20.2 Å². The van der Waals surface area contributed by atoms with E-state index in [0.717, 1.165) is 17.9 Å². The van der Waals surface area contributed by atoms with Crippen LogP contribution >= 0.6 is 11.8 Å². The van der Waals surface area contributed by atoms with Crippen LogP contribution in [0.1, 0.15) is 17.0 Å². The van der Waals surface area contributed by atoms with Crippen LogP contribution in [0.15, 0.2) is 22.8 Å². The fourth-order valence-corrected chi connectivity index (χ4v) is 2.03. The SMILES string of the molecule is O=C(CNC(=O)c1ccco1)NCCSCCCO. The molecule has 1 aromatic heterocycles. The highest BCUT2D eigenvalue weighted by Crippen LogP contribution is 2.00. The maximum absolute atomic E-state index is 11.4. The summed E-state index contributed by atoms with van der Waals surface area (Å²) in [6.45, 7) is 0.671. The first-order valence-electron chi connectivity index (χ1n) is 6.01. The predicted octanol–water partition coefficient (Wildman–Crippen LogP) is 0.241. The molecule has 0 saturated carbocycles. The summed E-state index contributed by atoms with van der Waals surface area (Å²) >= 11 is 1.67. The van der Waals surface area contributed by atoms with Gasteiger partial charge in [0.05, 0.1) is 12.8 Å². The smallest absolute Gasteiger partial charge is 0.287 e. The van der Waals surface area contributed by atoms with Gasteiger partial charge in [0.15, 0.2) is 5.76 Å². The zero-order valence-corrected chi connectivity index (χ0v) is 11.4. The standard InChI is InChI=1S/C12H18N2O4S/c15-5-2-7-19-8-4-13-11(16)9-14-12(17)10-3-1-6-18-10/h1,3,6,15H,2,4-5,7-9H2,(H,13,16)(H,14,17). The topological polar surface area (TPSA) is 91.6 Å². The normalized spacial score (nSPS) is 10.2. The molecule has 0 spiro atoms. The Morgan fingerprint density at radius 2 is 2.16 bits per heavy atom. The lowest BCUT2D eigenvalue weighted by Crippen LogP contribution is -2.37. The lowest BCUT2D eigenvalue weighted by molar-refractivity contribution is -0.120. The van der Waals surface area contributed by atoms with Crippen molar-refractivity contribution >= 4 is 23.6 Å². The Balaban J connectivity index is 2.03. The van der Waals surface area contributed by atoms with Gasteiger partial charge in [-0.3, -0.25) is 9.59 Å². The molecule has 0 fully saturated rings. The van der Waals surface area contributed by atoms with Crippen LogP contribution in [0.5, 0.6) is 0 Å². The largest absolute Gasteiger partial charge is 0.459 e. The van der Waals surface area contributed by atoms with Crippen LogP contribution in [0.4, 0.5) is 0 Å². The van der Waals surface area contributed by atoms with E-state index in [1.807, 2.05) is 0 Å². The van der Waals surface area contributed by atoms with E-state index >= 15 is 0 Å². The van der Waals surface area contributed by atoms with Crippen molar-refractivity contribution in [3.63, 3.8) is 0 Å². The molecule has 3 N–H and O–H groups in total. The molecule has 0 aliphatic heterocycles. The van der Waals surface area contributed by atoms with E-state index < -0.39 is 5.91 Å². The number of furan rings is 1. The second kappa shape index (κ2) is 9.46. The Hall–Kier alpha value is -1.47. The summed E-state index contributed by atoms with van der Waals surface area (Å²) in [5, 5.41) is 13.7. The van der Waals surface area contributed by atoms with E-state index in [4.69, 9.17) is 9.52 Å². The molecule has 1 heterocycles. The van der Waals surface area contributed by atoms with Gasteiger partial charge in [0, 0.05) is 18.9 Å². The number of carbonyl (C=O) groups excluding carboxylic acids is 2. The van der Waals surface area contributed by atoms with E-state index in [2.05, 4.69) is 10.6 Å². The van der Waals surface area contributed by atoms with Crippen LogP contribution in [0.2, 0.25) is 0 Å². The molecule has 2 amide bonds. The summed E-state index contributed by atoms with van der Waals surface area (Å²) in [5.74, 6) is 1.21. The Labute approximate surface area is 115 Å². The second-order valence-corrected chi connectivity index (χ2v) is 4.92. The zero-order valence-electron chi connectivity index (χ0n) is 10.6. The van der Waals surface area contributed by atoms with Gasteiger partial charge in [-0.05, 0) is 24.3 Å². The number of thioether (sulfide) groups is 1. The minimum Gasteiger partial charge on any atom is -0.459 e. The maximum Gasteiger partial charge on any atom is 0.287 e. The van der Waals surface area contributed by atoms with Gasteiger partial charge in [-0.1, -0.05) is 0 Å². The molecule has 0 saturated heterocycles. The number of hydrogen-bond acceptors (Lipinski definition) is 5. The fraction of sp³-hybridized carbons (Fsp3) is 0.500. The van der Waals surface area contributed by atoms with E-state index in [-0.39, 0.29) is 24.8 Å². The van der Waals surface area contributed by atoms with Crippen molar-refractivity contribution in [1.82, 2.24) is 10.6 Å². The summed E-state index contributed by atoms with van der Waals surface area (Å²) in [6, 6.07) is 3.14. The quantitative estimate of drug-likeness (QED) is 0.566. The number of hydrogen-bond donors (Lipinski definition) is 3. The summed E-state index contributed by atoms with van der Waals surface area (Å²) in [4.78, 5) is 22.8. The van der Waals surface area contributed by atoms with Crippen LogP contribution in [0.3, 0.4) is 0 Å². The molecule has 7 heteroatoms. The molecule has 106 valence electrons. The number of aliphatic hydroxyl groups excluding tert-OH is 1. The maximum atomic E-state index is 11.4. The predicted molar refractivity (Wildman–Crippen MR) is 73.1 cm³/mol. The fourth-order valence-electron chi connectivity index (χ4n) is 1.25. The third kappa shape index (κ3) is 6.88. The third-order valence-corrected chi connectivity index (χ3v) is 3.24. The average molecular weight is 286 g/mol. The van der Waals surface area contributed by atoms with E-state index in [9.17, 15) is 9.59 Å². The molecule has 1 rings (SSSR count). The number of amides is 2. The van der Waals surface area contributed by atoms with Gasteiger partial charge >= 0.3 is 0 Å². The molecular weight excluding hydrogens is 268 g/mol. The van der Waals surface area contributed by atoms with Crippen molar-refractivity contribution in [3.05, 3.63) is 24.2 Å². The number of nitrogens with one attached hydrogen (secondary N) is 2. The zero-order chi connectivity index (χ0) is 13.9. The lowest BCUT2D eigenvalue weighted by Gasteiger charge is -2.05. The summed E-state index contributed by atoms with van der Waals surface area (Å²) in [7, 11) is 0. The highest BCUT2D eigenvalue weighted by Gasteiger charge is 2.09. The highest BCUT2D eigenvalue weighted by molar-refractivity contribution is 7.99. The molecule has 0 aliphatic carbocycles. The summed E-state index contributed by atoms with van der Waals surface area (Å²) < 4.78 is 4.90. The Morgan fingerprint density at radius 3 is 2.84 bits per heavy atom. The molecule has 1 aromatic rings. The average Bonchev–Trinajstić information content (AvgIpc) is 2.94. The van der Waals surface area contributed by atoms with Gasteiger partial charge in [-0.2, -0.15) is 11.8 Å². The Morgan fingerprint density at radius 1 is 1.32 bits per heavy atom. The van der Waals surface area contributed by atoms with Crippen LogP contribution < -0.4 is 10.6 Å². The molecular formula is C12H18N2O4S. The third-order valence-electron chi connectivity index (χ3n) is 2.17. The molecule has 0 aliphatic rings. The van der Waals surface area contributed by atoms with E-state index in [0.29, 0.717) is 6.54 Å². The molecule has 0 unspecified atom stereocenters. The molecule has 19 heavy (non-hydrogen) atoms. The van der Waals surface area contributed by atoms with Crippen LogP contribution in [-0.4, -0.2) is 48.1 Å². The summed E-state index contributed by atoms with van der Waals surface area (Å²) in [5.41, 5.74) is 0. The van der Waals surface area contributed by atoms with Crippen molar-refractivity contribution in [3.8, 4) is 0 Å². The van der Waals surface area contributed by atoms with Crippen molar-refractivity contribution in [2.75, 3.05) is 31.2 Å². The van der Waals surface area contributed by atoms with Gasteiger partial charge in [-0.15, -0.1) is 0 Å². The van der Waals surface area contributed by atoms with Crippen LogP contribution in [-0.2, 0) is 4.79 Å². The molecule has 0 atom stereocenters. The van der Waals surface area contributed by atoms with Gasteiger partial charge in [0.25, 0.3) is 5.91 Å². The van der Waals surface area contributed by atoms with Gasteiger partial charge in [0.2, 0.25) is 5.91 Å². The van der Waals surface area contributed by atoms with Crippen molar-refractivity contribution in [1.29, 1.82) is 0 Å². The lowest BCUT2D eigenvalue weighted by atomic mass is 10.4. The first-order chi connectivity index (χ1) is 9.24. The monoisotopic (exact) mass is 286 g/mol. The van der Waals surface area contributed by atoms with Gasteiger partial charge in [0.1, 0.15) is 0 Å². The molecule has 0 bridgehead atoms. The number of aliphatic hydroxyl groups is 1. The van der Waals surface area contributed by atoms with Crippen molar-refractivity contribution in [2.45, 2.75) is 6.42 Å². The minimum atomic E-state index is -0.405. The van der Waals surface area contributed by atoms with Crippen LogP contribution in [0.25, 0.3) is 0 Å². The first-order valence-corrected chi connectivity index (χ1v) is 7.16. The molecule has 6 nitrogen and oxygen atoms in total.